The van der Waals surface area contributed by atoms with Crippen molar-refractivity contribution in [3.8, 4) is 11.3 Å². The van der Waals surface area contributed by atoms with E-state index in [0.29, 0.717) is 12.0 Å². The molecule has 25 heavy (non-hydrogen) atoms. The van der Waals surface area contributed by atoms with Gasteiger partial charge in [-0.3, -0.25) is 14.6 Å². The average Bonchev–Trinajstić information content (AvgIpc) is 2.58. The number of pyridine rings is 1. The molecule has 0 aliphatic rings. The van der Waals surface area contributed by atoms with Gasteiger partial charge in [-0.2, -0.15) is 0 Å². The lowest BCUT2D eigenvalue weighted by molar-refractivity contribution is -0.142. The Balaban J connectivity index is 2.16. The summed E-state index contributed by atoms with van der Waals surface area (Å²) in [4.78, 5) is 28.2. The number of amides is 1. The average molecular weight is 340 g/mol. The highest BCUT2D eigenvalue weighted by atomic mass is 16.4. The largest absolute Gasteiger partial charge is 0.481 e. The number of hydrogen-bond acceptors (Lipinski definition) is 3. The van der Waals surface area contributed by atoms with E-state index in [1.54, 1.807) is 12.3 Å². The SMILES string of the molecule is Cc1c(C(=O)NCC(CC(C)C)C(=O)O)cccc1-c1ccccn1. The van der Waals surface area contributed by atoms with E-state index in [1.165, 1.54) is 0 Å². The summed E-state index contributed by atoms with van der Waals surface area (Å²) in [5, 5.41) is 12.1. The first-order valence-corrected chi connectivity index (χ1v) is 8.42. The predicted octanol–water partition coefficient (Wildman–Crippen LogP) is 3.53. The van der Waals surface area contributed by atoms with Crippen LogP contribution >= 0.6 is 0 Å². The van der Waals surface area contributed by atoms with E-state index in [4.69, 9.17) is 0 Å². The maximum atomic E-state index is 12.5. The van der Waals surface area contributed by atoms with Crippen molar-refractivity contribution in [1.82, 2.24) is 10.3 Å². The Morgan fingerprint density at radius 3 is 2.52 bits per heavy atom. The van der Waals surface area contributed by atoms with Gasteiger partial charge in [0.15, 0.2) is 0 Å². The summed E-state index contributed by atoms with van der Waals surface area (Å²) < 4.78 is 0. The van der Waals surface area contributed by atoms with Gasteiger partial charge in [-0.05, 0) is 43.0 Å². The van der Waals surface area contributed by atoms with E-state index in [2.05, 4.69) is 10.3 Å². The fourth-order valence-electron chi connectivity index (χ4n) is 2.83. The molecule has 1 heterocycles. The Morgan fingerprint density at radius 2 is 1.92 bits per heavy atom. The minimum Gasteiger partial charge on any atom is -0.481 e. The molecule has 1 aromatic carbocycles. The number of carboxylic acids is 1. The number of benzene rings is 1. The Kier molecular flexibility index (Phi) is 6.28. The second-order valence-corrected chi connectivity index (χ2v) is 6.57. The highest BCUT2D eigenvalue weighted by Gasteiger charge is 2.21. The van der Waals surface area contributed by atoms with Gasteiger partial charge in [0.05, 0.1) is 11.6 Å². The fraction of sp³-hybridized carbons (Fsp3) is 0.350. The van der Waals surface area contributed by atoms with Crippen molar-refractivity contribution in [2.75, 3.05) is 6.54 Å². The van der Waals surface area contributed by atoms with Crippen molar-refractivity contribution < 1.29 is 14.7 Å². The van der Waals surface area contributed by atoms with E-state index in [0.717, 1.165) is 16.8 Å². The van der Waals surface area contributed by atoms with Crippen LogP contribution in [0.1, 0.15) is 36.2 Å². The summed E-state index contributed by atoms with van der Waals surface area (Å²) in [6, 6.07) is 11.1. The van der Waals surface area contributed by atoms with Gasteiger partial charge in [0.2, 0.25) is 0 Å². The van der Waals surface area contributed by atoms with Crippen LogP contribution in [0.2, 0.25) is 0 Å². The second kappa shape index (κ2) is 8.42. The molecule has 0 bridgehead atoms. The second-order valence-electron chi connectivity index (χ2n) is 6.57. The van der Waals surface area contributed by atoms with Gasteiger partial charge < -0.3 is 10.4 Å². The van der Waals surface area contributed by atoms with Crippen LogP contribution in [-0.4, -0.2) is 28.5 Å². The van der Waals surface area contributed by atoms with Crippen LogP contribution in [0.3, 0.4) is 0 Å². The zero-order chi connectivity index (χ0) is 18.4. The summed E-state index contributed by atoms with van der Waals surface area (Å²) in [6.07, 6.45) is 2.24. The van der Waals surface area contributed by atoms with Gasteiger partial charge in [-0.1, -0.05) is 32.0 Å². The third kappa shape index (κ3) is 4.89. The molecule has 1 aromatic heterocycles. The van der Waals surface area contributed by atoms with Gasteiger partial charge in [0, 0.05) is 23.9 Å². The standard InChI is InChI=1S/C20H24N2O3/c1-13(2)11-15(20(24)25)12-22-19(23)17-8-6-7-16(14(17)3)18-9-4-5-10-21-18/h4-10,13,15H,11-12H2,1-3H3,(H,22,23)(H,24,25). The molecule has 0 aliphatic carbocycles. The van der Waals surface area contributed by atoms with Crippen molar-refractivity contribution in [3.63, 3.8) is 0 Å². The lowest BCUT2D eigenvalue weighted by Crippen LogP contribution is -2.34. The fourth-order valence-corrected chi connectivity index (χ4v) is 2.83. The minimum absolute atomic E-state index is 0.125. The molecule has 2 aromatic rings. The highest BCUT2D eigenvalue weighted by molar-refractivity contribution is 5.97. The third-order valence-electron chi connectivity index (χ3n) is 4.13. The topological polar surface area (TPSA) is 79.3 Å². The van der Waals surface area contributed by atoms with Crippen LogP contribution in [0, 0.1) is 18.8 Å². The van der Waals surface area contributed by atoms with E-state index in [1.807, 2.05) is 51.1 Å². The van der Waals surface area contributed by atoms with Crippen LogP contribution in [0.4, 0.5) is 0 Å². The Bertz CT molecular complexity index is 742. The number of hydrogen-bond donors (Lipinski definition) is 2. The third-order valence-corrected chi connectivity index (χ3v) is 4.13. The molecule has 1 atom stereocenters. The van der Waals surface area contributed by atoms with E-state index in [-0.39, 0.29) is 18.4 Å². The molecule has 5 heteroatoms. The van der Waals surface area contributed by atoms with Crippen molar-refractivity contribution in [1.29, 1.82) is 0 Å². The number of nitrogens with zero attached hydrogens (tertiary/aromatic N) is 1. The summed E-state index contributed by atoms with van der Waals surface area (Å²) >= 11 is 0. The number of carbonyl (C=O) groups excluding carboxylic acids is 1. The number of carboxylic acid groups (broad SMARTS) is 1. The monoisotopic (exact) mass is 340 g/mol. The Labute approximate surface area is 148 Å². The lowest BCUT2D eigenvalue weighted by Gasteiger charge is -2.16. The molecule has 0 aliphatic heterocycles. The normalized spacial score (nSPS) is 12.0. The van der Waals surface area contributed by atoms with Crippen LogP contribution in [0.15, 0.2) is 42.6 Å². The molecular weight excluding hydrogens is 316 g/mol. The number of rotatable bonds is 7. The molecule has 1 unspecified atom stereocenters. The molecular formula is C20H24N2O3. The van der Waals surface area contributed by atoms with Gasteiger partial charge in [-0.15, -0.1) is 0 Å². The molecule has 1 amide bonds. The van der Waals surface area contributed by atoms with Gasteiger partial charge in [0.25, 0.3) is 5.91 Å². The van der Waals surface area contributed by atoms with E-state index in [9.17, 15) is 14.7 Å². The molecule has 2 N–H and O–H groups in total. The lowest BCUT2D eigenvalue weighted by atomic mass is 9.96. The van der Waals surface area contributed by atoms with Crippen molar-refractivity contribution in [3.05, 3.63) is 53.7 Å². The van der Waals surface area contributed by atoms with E-state index >= 15 is 0 Å². The zero-order valence-corrected chi connectivity index (χ0v) is 14.8. The van der Waals surface area contributed by atoms with Crippen LogP contribution in [-0.2, 0) is 4.79 Å². The first-order valence-electron chi connectivity index (χ1n) is 8.42. The zero-order valence-electron chi connectivity index (χ0n) is 14.8. The molecule has 5 nitrogen and oxygen atoms in total. The number of carbonyl (C=O) groups is 2. The molecule has 0 saturated carbocycles. The first kappa shape index (κ1) is 18.6. The summed E-state index contributed by atoms with van der Waals surface area (Å²) in [7, 11) is 0. The van der Waals surface area contributed by atoms with Crippen LogP contribution in [0.25, 0.3) is 11.3 Å². The number of aliphatic carboxylic acids is 1. The van der Waals surface area contributed by atoms with Crippen LogP contribution < -0.4 is 5.32 Å². The highest BCUT2D eigenvalue weighted by Crippen LogP contribution is 2.24. The maximum Gasteiger partial charge on any atom is 0.308 e. The predicted molar refractivity (Wildman–Crippen MR) is 97.3 cm³/mol. The van der Waals surface area contributed by atoms with Crippen molar-refractivity contribution >= 4 is 11.9 Å². The van der Waals surface area contributed by atoms with Gasteiger partial charge in [-0.25, -0.2) is 0 Å². The molecule has 0 spiro atoms. The van der Waals surface area contributed by atoms with Gasteiger partial charge >= 0.3 is 5.97 Å². The first-order chi connectivity index (χ1) is 11.9. The molecule has 2 rings (SSSR count). The van der Waals surface area contributed by atoms with Crippen LogP contribution in [0.5, 0.6) is 0 Å². The minimum atomic E-state index is -0.882. The number of aromatic nitrogens is 1. The number of nitrogens with one attached hydrogen (secondary N) is 1. The molecule has 0 saturated heterocycles. The summed E-state index contributed by atoms with van der Waals surface area (Å²) in [5.74, 6) is -1.46. The van der Waals surface area contributed by atoms with Gasteiger partial charge in [0.1, 0.15) is 0 Å². The quantitative estimate of drug-likeness (QED) is 0.808. The molecule has 132 valence electrons. The van der Waals surface area contributed by atoms with E-state index < -0.39 is 11.9 Å². The maximum absolute atomic E-state index is 12.5. The summed E-state index contributed by atoms with van der Waals surface area (Å²) in [6.45, 7) is 5.94. The van der Waals surface area contributed by atoms with Crippen molar-refractivity contribution in [2.24, 2.45) is 11.8 Å². The Morgan fingerprint density at radius 1 is 1.16 bits per heavy atom. The Hall–Kier alpha value is -2.69. The summed E-state index contributed by atoms with van der Waals surface area (Å²) in [5.41, 5.74) is 3.06. The van der Waals surface area contributed by atoms with Crippen molar-refractivity contribution in [2.45, 2.75) is 27.2 Å². The smallest absolute Gasteiger partial charge is 0.308 e. The molecule has 0 radical (unpaired) electrons. The molecule has 0 fully saturated rings.